The van der Waals surface area contributed by atoms with Gasteiger partial charge in [0.25, 0.3) is 0 Å². The molecule has 0 aliphatic heterocycles. The quantitative estimate of drug-likeness (QED) is 0.634. The molecule has 0 spiro atoms. The number of methoxy groups -OCH3 is 1. The number of hydrogen-bond acceptors (Lipinski definition) is 4. The Morgan fingerprint density at radius 1 is 0.897 bits per heavy atom. The summed E-state index contributed by atoms with van der Waals surface area (Å²) in [4.78, 5) is 26.3. The average Bonchev–Trinajstić information content (AvgIpc) is 2.77. The van der Waals surface area contributed by atoms with Crippen molar-refractivity contribution in [1.29, 1.82) is 0 Å². The molecule has 1 amide bonds. The van der Waals surface area contributed by atoms with Crippen molar-refractivity contribution in [2.75, 3.05) is 12.0 Å². The molecule has 0 radical (unpaired) electrons. The van der Waals surface area contributed by atoms with Crippen LogP contribution in [0.2, 0.25) is 0 Å². The van der Waals surface area contributed by atoms with Crippen LogP contribution >= 0.6 is 0 Å². The normalized spacial score (nSPS) is 11.3. The predicted octanol–water partition coefficient (Wildman–Crippen LogP) is 4.66. The molecule has 6 heteroatoms. The van der Waals surface area contributed by atoms with Gasteiger partial charge in [0.05, 0.1) is 7.11 Å². The van der Waals surface area contributed by atoms with Gasteiger partial charge < -0.3 is 14.6 Å². The zero-order valence-electron chi connectivity index (χ0n) is 15.9. The van der Waals surface area contributed by atoms with Gasteiger partial charge in [0, 0.05) is 5.69 Å². The van der Waals surface area contributed by atoms with Crippen LogP contribution in [0.4, 0.5) is 10.5 Å². The van der Waals surface area contributed by atoms with Crippen molar-refractivity contribution in [3.63, 3.8) is 0 Å². The van der Waals surface area contributed by atoms with Gasteiger partial charge in [-0.25, -0.2) is 9.59 Å². The van der Waals surface area contributed by atoms with Crippen molar-refractivity contribution in [3.8, 4) is 5.75 Å². The summed E-state index contributed by atoms with van der Waals surface area (Å²) in [7, 11) is 1.53. The first kappa shape index (κ1) is 19.9. The van der Waals surface area contributed by atoms with Crippen LogP contribution in [0.25, 0.3) is 0 Å². The third kappa shape index (κ3) is 4.93. The first-order valence-electron chi connectivity index (χ1n) is 9.02. The number of carboxylic acid groups (broad SMARTS) is 1. The molecule has 0 heterocycles. The second-order valence-electron chi connectivity index (χ2n) is 6.26. The Morgan fingerprint density at radius 2 is 1.48 bits per heavy atom. The third-order valence-corrected chi connectivity index (χ3v) is 4.36. The number of ether oxygens (including phenoxy) is 2. The standard InChI is InChI=1S/C23H21NO5/c1-28-20-14-12-19(13-15-20)24(21(22(25)26)18-10-6-3-7-11-18)23(27)29-16-17-8-4-2-5-9-17/h2-15,21H,16H2,1H3,(H,25,26). The van der Waals surface area contributed by atoms with Gasteiger partial charge in [-0.2, -0.15) is 0 Å². The summed E-state index contributed by atoms with van der Waals surface area (Å²) in [5.74, 6) is -0.568. The van der Waals surface area contributed by atoms with Crippen LogP contribution < -0.4 is 9.64 Å². The maximum absolute atomic E-state index is 13.0. The SMILES string of the molecule is COc1ccc(N(C(=O)OCc2ccccc2)C(C(=O)O)c2ccccc2)cc1. The highest BCUT2D eigenvalue weighted by atomic mass is 16.6. The van der Waals surface area contributed by atoms with E-state index < -0.39 is 18.1 Å². The summed E-state index contributed by atoms with van der Waals surface area (Å²) < 4.78 is 10.6. The molecule has 148 valence electrons. The Labute approximate surface area is 168 Å². The second-order valence-corrected chi connectivity index (χ2v) is 6.26. The highest BCUT2D eigenvalue weighted by Crippen LogP contribution is 2.30. The molecule has 0 bridgehead atoms. The number of anilines is 1. The lowest BCUT2D eigenvalue weighted by Gasteiger charge is -2.28. The number of aliphatic carboxylic acids is 1. The summed E-state index contributed by atoms with van der Waals surface area (Å²) in [5, 5.41) is 9.92. The van der Waals surface area contributed by atoms with Crippen molar-refractivity contribution in [3.05, 3.63) is 96.1 Å². The largest absolute Gasteiger partial charge is 0.497 e. The smallest absolute Gasteiger partial charge is 0.415 e. The summed E-state index contributed by atoms with van der Waals surface area (Å²) in [6.07, 6.45) is -0.754. The van der Waals surface area contributed by atoms with Crippen molar-refractivity contribution < 1.29 is 24.2 Å². The summed E-state index contributed by atoms with van der Waals surface area (Å²) in [5.41, 5.74) is 1.66. The Balaban J connectivity index is 1.95. The Hall–Kier alpha value is -3.80. The van der Waals surface area contributed by atoms with Gasteiger partial charge in [-0.05, 0) is 35.4 Å². The van der Waals surface area contributed by atoms with Crippen LogP contribution in [0.1, 0.15) is 17.2 Å². The first-order chi connectivity index (χ1) is 14.1. The van der Waals surface area contributed by atoms with E-state index in [1.807, 2.05) is 30.3 Å². The molecule has 1 atom stereocenters. The van der Waals surface area contributed by atoms with Gasteiger partial charge in [0.1, 0.15) is 12.4 Å². The number of benzene rings is 3. The zero-order valence-corrected chi connectivity index (χ0v) is 15.9. The fourth-order valence-electron chi connectivity index (χ4n) is 2.93. The topological polar surface area (TPSA) is 76.1 Å². The molecule has 3 aromatic carbocycles. The minimum Gasteiger partial charge on any atom is -0.497 e. The van der Waals surface area contributed by atoms with E-state index in [2.05, 4.69) is 0 Å². The Bertz CT molecular complexity index is 942. The fraction of sp³-hybridized carbons (Fsp3) is 0.130. The lowest BCUT2D eigenvalue weighted by molar-refractivity contribution is -0.138. The molecule has 6 nitrogen and oxygen atoms in total. The van der Waals surface area contributed by atoms with Gasteiger partial charge in [-0.3, -0.25) is 4.90 Å². The number of hydrogen-bond donors (Lipinski definition) is 1. The first-order valence-corrected chi connectivity index (χ1v) is 9.02. The number of carbonyl (C=O) groups is 2. The molecule has 0 aliphatic rings. The van der Waals surface area contributed by atoms with Crippen molar-refractivity contribution in [1.82, 2.24) is 0 Å². The van der Waals surface area contributed by atoms with Crippen LogP contribution in [-0.4, -0.2) is 24.3 Å². The average molecular weight is 391 g/mol. The van der Waals surface area contributed by atoms with Gasteiger partial charge in [0.15, 0.2) is 6.04 Å². The van der Waals surface area contributed by atoms with Crippen molar-refractivity contribution in [2.45, 2.75) is 12.6 Å². The van der Waals surface area contributed by atoms with Crippen molar-refractivity contribution in [2.24, 2.45) is 0 Å². The molecule has 0 aromatic heterocycles. The Morgan fingerprint density at radius 3 is 2.03 bits per heavy atom. The van der Waals surface area contributed by atoms with E-state index in [-0.39, 0.29) is 6.61 Å². The van der Waals surface area contributed by atoms with E-state index in [0.717, 1.165) is 10.5 Å². The molecule has 29 heavy (non-hydrogen) atoms. The van der Waals surface area contributed by atoms with Gasteiger partial charge in [-0.15, -0.1) is 0 Å². The number of carbonyl (C=O) groups excluding carboxylic acids is 1. The van der Waals surface area contributed by atoms with Crippen LogP contribution in [0, 0.1) is 0 Å². The number of nitrogens with zero attached hydrogens (tertiary/aromatic N) is 1. The van der Waals surface area contributed by atoms with E-state index in [4.69, 9.17) is 9.47 Å². The molecule has 0 saturated carbocycles. The third-order valence-electron chi connectivity index (χ3n) is 4.36. The monoisotopic (exact) mass is 391 g/mol. The highest BCUT2D eigenvalue weighted by Gasteiger charge is 2.33. The van der Waals surface area contributed by atoms with Crippen LogP contribution in [0.15, 0.2) is 84.9 Å². The van der Waals surface area contributed by atoms with E-state index in [1.54, 1.807) is 54.6 Å². The number of rotatable bonds is 7. The minimum atomic E-state index is -1.24. The molecule has 3 aromatic rings. The van der Waals surface area contributed by atoms with E-state index in [0.29, 0.717) is 17.0 Å². The second kappa shape index (κ2) is 9.41. The van der Waals surface area contributed by atoms with Gasteiger partial charge in [-0.1, -0.05) is 60.7 Å². The predicted molar refractivity (Wildman–Crippen MR) is 109 cm³/mol. The lowest BCUT2D eigenvalue weighted by Crippen LogP contribution is -2.39. The summed E-state index contributed by atoms with van der Waals surface area (Å²) >= 11 is 0. The maximum atomic E-state index is 13.0. The molecular formula is C23H21NO5. The van der Waals surface area contributed by atoms with Crippen LogP contribution in [0.5, 0.6) is 5.75 Å². The Kier molecular flexibility index (Phi) is 6.47. The lowest BCUT2D eigenvalue weighted by atomic mass is 10.0. The number of carboxylic acids is 1. The fourth-order valence-corrected chi connectivity index (χ4v) is 2.93. The number of amides is 1. The maximum Gasteiger partial charge on any atom is 0.415 e. The summed E-state index contributed by atoms with van der Waals surface area (Å²) in [6, 6.07) is 23.1. The molecule has 0 saturated heterocycles. The van der Waals surface area contributed by atoms with Gasteiger partial charge in [0.2, 0.25) is 0 Å². The molecule has 0 aliphatic carbocycles. The molecule has 0 fully saturated rings. The molecule has 3 rings (SSSR count). The van der Waals surface area contributed by atoms with E-state index >= 15 is 0 Å². The summed E-state index contributed by atoms with van der Waals surface area (Å²) in [6.45, 7) is 0.0352. The van der Waals surface area contributed by atoms with Gasteiger partial charge >= 0.3 is 12.1 Å². The molecule has 1 unspecified atom stereocenters. The molecule has 1 N–H and O–H groups in total. The van der Waals surface area contributed by atoms with E-state index in [9.17, 15) is 14.7 Å². The van der Waals surface area contributed by atoms with E-state index in [1.165, 1.54) is 7.11 Å². The van der Waals surface area contributed by atoms with Crippen LogP contribution in [0.3, 0.4) is 0 Å². The molecular weight excluding hydrogens is 370 g/mol. The zero-order chi connectivity index (χ0) is 20.6. The van der Waals surface area contributed by atoms with Crippen molar-refractivity contribution >= 4 is 17.7 Å². The highest BCUT2D eigenvalue weighted by molar-refractivity contribution is 5.95. The van der Waals surface area contributed by atoms with Crippen LogP contribution in [-0.2, 0) is 16.1 Å². The minimum absolute atomic E-state index is 0.0352.